The van der Waals surface area contributed by atoms with E-state index in [2.05, 4.69) is 10.3 Å². The molecule has 0 atom stereocenters. The number of aromatic amines is 1. The Balaban J connectivity index is 2.19. The summed E-state index contributed by atoms with van der Waals surface area (Å²) in [7, 11) is 0. The minimum absolute atomic E-state index is 0.150. The number of aromatic nitrogens is 1. The number of fused-ring (bicyclic) bond motifs is 1. The van der Waals surface area contributed by atoms with Crippen molar-refractivity contribution in [2.75, 3.05) is 13.2 Å². The molecular weight excluding hydrogens is 374 g/mol. The molecule has 154 valence electrons. The predicted molar refractivity (Wildman–Crippen MR) is 109 cm³/mol. The van der Waals surface area contributed by atoms with Gasteiger partial charge in [0.05, 0.1) is 23.6 Å². The first kappa shape index (κ1) is 21.9. The highest BCUT2D eigenvalue weighted by atomic mass is 16.5. The predicted octanol–water partition coefficient (Wildman–Crippen LogP) is 1.74. The summed E-state index contributed by atoms with van der Waals surface area (Å²) < 4.78 is 5.06. The number of carbonyl (C=O) groups excluding carboxylic acids is 3. The quantitative estimate of drug-likeness (QED) is 0.267. The molecular formula is C21H25N3O5. The summed E-state index contributed by atoms with van der Waals surface area (Å²) in [5.41, 5.74) is 6.63. The van der Waals surface area contributed by atoms with Gasteiger partial charge >= 0.3 is 5.97 Å². The highest BCUT2D eigenvalue weighted by Gasteiger charge is 2.32. The van der Waals surface area contributed by atoms with Crippen molar-refractivity contribution in [2.24, 2.45) is 5.73 Å². The molecule has 0 aromatic carbocycles. The number of rotatable bonds is 10. The number of ether oxygens (including phenoxy) is 1. The maximum absolute atomic E-state index is 13.0. The van der Waals surface area contributed by atoms with Crippen LogP contribution >= 0.6 is 0 Å². The molecule has 1 aromatic rings. The Hall–Kier alpha value is -3.39. The van der Waals surface area contributed by atoms with Crippen LogP contribution in [-0.2, 0) is 16.1 Å². The second-order valence-electron chi connectivity index (χ2n) is 6.27. The van der Waals surface area contributed by atoms with E-state index in [1.165, 1.54) is 25.3 Å². The Kier molecular flexibility index (Phi) is 8.17. The van der Waals surface area contributed by atoms with Gasteiger partial charge in [0.25, 0.3) is 0 Å². The highest BCUT2D eigenvalue weighted by molar-refractivity contribution is 6.24. The molecule has 2 rings (SSSR count). The van der Waals surface area contributed by atoms with Crippen LogP contribution < -0.4 is 11.1 Å². The SMILES string of the molecule is CC(=O)OCc1c(/C=C/CO)[nH]c2c1C(=O)C(NCCC/C=C\C=C/N)=CC2=O. The molecule has 0 bridgehead atoms. The number of aliphatic hydroxyl groups excluding tert-OH is 1. The largest absolute Gasteiger partial charge is 0.461 e. The van der Waals surface area contributed by atoms with Crippen molar-refractivity contribution in [2.45, 2.75) is 26.4 Å². The Morgan fingerprint density at radius 1 is 1.31 bits per heavy atom. The zero-order valence-electron chi connectivity index (χ0n) is 16.2. The zero-order chi connectivity index (χ0) is 21.2. The number of hydrogen-bond donors (Lipinski definition) is 4. The Bertz CT molecular complexity index is 890. The molecule has 5 N–H and O–H groups in total. The van der Waals surface area contributed by atoms with Gasteiger partial charge in [0.15, 0.2) is 0 Å². The summed E-state index contributed by atoms with van der Waals surface area (Å²) >= 11 is 0. The van der Waals surface area contributed by atoms with E-state index in [1.54, 1.807) is 12.2 Å². The third kappa shape index (κ3) is 5.79. The molecule has 0 fully saturated rings. The number of unbranched alkanes of at least 4 members (excludes halogenated alkanes) is 1. The van der Waals surface area contributed by atoms with E-state index in [4.69, 9.17) is 15.6 Å². The highest BCUT2D eigenvalue weighted by Crippen LogP contribution is 2.28. The van der Waals surface area contributed by atoms with Crippen LogP contribution in [0.2, 0.25) is 0 Å². The van der Waals surface area contributed by atoms with Gasteiger partial charge in [0, 0.05) is 30.8 Å². The number of nitrogens with two attached hydrogens (primary N) is 1. The third-order valence-electron chi connectivity index (χ3n) is 4.16. The lowest BCUT2D eigenvalue weighted by Crippen LogP contribution is -2.27. The van der Waals surface area contributed by atoms with Crippen molar-refractivity contribution in [3.8, 4) is 0 Å². The molecule has 0 saturated carbocycles. The lowest BCUT2D eigenvalue weighted by atomic mass is 9.95. The number of ketones is 2. The van der Waals surface area contributed by atoms with E-state index >= 15 is 0 Å². The summed E-state index contributed by atoms with van der Waals surface area (Å²) in [6.07, 6.45) is 12.8. The first-order valence-corrected chi connectivity index (χ1v) is 9.23. The van der Waals surface area contributed by atoms with Crippen molar-refractivity contribution < 1.29 is 24.2 Å². The van der Waals surface area contributed by atoms with Crippen LogP contribution in [0.5, 0.6) is 0 Å². The van der Waals surface area contributed by atoms with Gasteiger partial charge in [0.2, 0.25) is 11.6 Å². The van der Waals surface area contributed by atoms with Gasteiger partial charge in [-0.05, 0) is 31.2 Å². The van der Waals surface area contributed by atoms with E-state index in [9.17, 15) is 14.4 Å². The second-order valence-corrected chi connectivity index (χ2v) is 6.27. The number of aliphatic hydroxyl groups is 1. The molecule has 0 spiro atoms. The fourth-order valence-corrected chi connectivity index (χ4v) is 2.85. The number of hydrogen-bond acceptors (Lipinski definition) is 7. The normalized spacial score (nSPS) is 14.1. The van der Waals surface area contributed by atoms with Crippen molar-refractivity contribution in [3.05, 3.63) is 64.8 Å². The van der Waals surface area contributed by atoms with Gasteiger partial charge in [0.1, 0.15) is 6.61 Å². The molecule has 8 nitrogen and oxygen atoms in total. The first-order valence-electron chi connectivity index (χ1n) is 9.23. The van der Waals surface area contributed by atoms with Gasteiger partial charge in [-0.1, -0.05) is 18.2 Å². The molecule has 1 heterocycles. The molecule has 1 aliphatic rings. The fraction of sp³-hybridized carbons (Fsp3) is 0.286. The standard InChI is InChI=1S/C21H25N3O5/c1-14(26)29-13-15-16(8-7-11-25)24-20-18(27)12-17(21(28)19(15)20)23-10-6-4-2-3-5-9-22/h2-3,5,7-9,12,23-25H,4,6,10-11,13,22H2,1H3/b3-2-,8-7+,9-5-. The summed E-state index contributed by atoms with van der Waals surface area (Å²) in [4.78, 5) is 39.6. The van der Waals surface area contributed by atoms with Gasteiger partial charge in [-0.25, -0.2) is 0 Å². The first-order chi connectivity index (χ1) is 14.0. The molecule has 1 aliphatic carbocycles. The molecule has 1 aromatic heterocycles. The monoisotopic (exact) mass is 399 g/mol. The average molecular weight is 399 g/mol. The Morgan fingerprint density at radius 2 is 2.10 bits per heavy atom. The third-order valence-corrected chi connectivity index (χ3v) is 4.16. The van der Waals surface area contributed by atoms with E-state index in [0.717, 1.165) is 12.8 Å². The van der Waals surface area contributed by atoms with Crippen molar-refractivity contribution in [1.82, 2.24) is 10.3 Å². The maximum Gasteiger partial charge on any atom is 0.302 e. The van der Waals surface area contributed by atoms with Crippen molar-refractivity contribution in [3.63, 3.8) is 0 Å². The van der Waals surface area contributed by atoms with E-state index < -0.39 is 5.97 Å². The van der Waals surface area contributed by atoms with Crippen LogP contribution in [0, 0.1) is 0 Å². The smallest absolute Gasteiger partial charge is 0.302 e. The van der Waals surface area contributed by atoms with Crippen LogP contribution in [0.15, 0.2) is 42.3 Å². The lowest BCUT2D eigenvalue weighted by molar-refractivity contribution is -0.142. The van der Waals surface area contributed by atoms with Crippen LogP contribution in [-0.4, -0.2) is 40.8 Å². The van der Waals surface area contributed by atoms with Crippen molar-refractivity contribution in [1.29, 1.82) is 0 Å². The number of nitrogens with one attached hydrogen (secondary N) is 2. The fourth-order valence-electron chi connectivity index (χ4n) is 2.85. The second kappa shape index (κ2) is 10.8. The van der Waals surface area contributed by atoms with Crippen LogP contribution in [0.3, 0.4) is 0 Å². The van der Waals surface area contributed by atoms with Gasteiger partial charge < -0.3 is 25.9 Å². The lowest BCUT2D eigenvalue weighted by Gasteiger charge is -2.15. The number of H-pyrrole nitrogens is 1. The summed E-state index contributed by atoms with van der Waals surface area (Å²) in [6, 6.07) is 0. The number of esters is 1. The summed E-state index contributed by atoms with van der Waals surface area (Å²) in [5, 5.41) is 12.0. The number of allylic oxidation sites excluding steroid dienone is 5. The van der Waals surface area contributed by atoms with Crippen molar-refractivity contribution >= 4 is 23.6 Å². The van der Waals surface area contributed by atoms with E-state index in [0.29, 0.717) is 17.8 Å². The molecule has 0 radical (unpaired) electrons. The Labute approximate surface area is 168 Å². The van der Waals surface area contributed by atoms with E-state index in [-0.39, 0.29) is 41.7 Å². The maximum atomic E-state index is 13.0. The number of Topliss-reactive ketones (excluding diaryl/α,β-unsaturated/α-hetero) is 1. The minimum Gasteiger partial charge on any atom is -0.461 e. The van der Waals surface area contributed by atoms with Crippen LogP contribution in [0.4, 0.5) is 0 Å². The molecule has 0 unspecified atom stereocenters. The van der Waals surface area contributed by atoms with Gasteiger partial charge in [-0.3, -0.25) is 14.4 Å². The molecule has 8 heteroatoms. The summed E-state index contributed by atoms with van der Waals surface area (Å²) in [6.45, 7) is 1.41. The molecule has 0 aliphatic heterocycles. The number of carbonyl (C=O) groups is 3. The molecule has 29 heavy (non-hydrogen) atoms. The van der Waals surface area contributed by atoms with Crippen LogP contribution in [0.1, 0.15) is 51.9 Å². The minimum atomic E-state index is -0.502. The van der Waals surface area contributed by atoms with Crippen LogP contribution in [0.25, 0.3) is 6.08 Å². The summed E-state index contributed by atoms with van der Waals surface area (Å²) in [5.74, 6) is -1.19. The molecule has 0 saturated heterocycles. The van der Waals surface area contributed by atoms with Gasteiger partial charge in [-0.15, -0.1) is 0 Å². The zero-order valence-corrected chi connectivity index (χ0v) is 16.2. The Morgan fingerprint density at radius 3 is 2.79 bits per heavy atom. The topological polar surface area (TPSA) is 135 Å². The average Bonchev–Trinajstić information content (AvgIpc) is 3.06. The molecule has 0 amide bonds. The van der Waals surface area contributed by atoms with E-state index in [1.807, 2.05) is 12.2 Å². The van der Waals surface area contributed by atoms with Gasteiger partial charge in [-0.2, -0.15) is 0 Å².